The van der Waals surface area contributed by atoms with E-state index in [2.05, 4.69) is 4.90 Å². The van der Waals surface area contributed by atoms with Gasteiger partial charge in [-0.2, -0.15) is 4.31 Å². The lowest BCUT2D eigenvalue weighted by Crippen LogP contribution is -2.52. The molecule has 1 aliphatic heterocycles. The monoisotopic (exact) mass is 332 g/mol. The van der Waals surface area contributed by atoms with Crippen LogP contribution in [0.25, 0.3) is 0 Å². The van der Waals surface area contributed by atoms with E-state index in [1.807, 2.05) is 6.92 Å². The van der Waals surface area contributed by atoms with E-state index in [-0.39, 0.29) is 17.5 Å². The minimum atomic E-state index is -3.49. The molecule has 1 unspecified atom stereocenters. The number of sulfonamides is 1. The predicted octanol–water partition coefficient (Wildman–Crippen LogP) is 1.42. The first-order valence-electron chi connectivity index (χ1n) is 7.09. The first kappa shape index (κ1) is 16.7. The second-order valence-corrected chi connectivity index (χ2v) is 7.52. The van der Waals surface area contributed by atoms with Crippen molar-refractivity contribution < 1.29 is 13.5 Å². The van der Waals surface area contributed by atoms with Crippen LogP contribution in [0.15, 0.2) is 29.2 Å². The maximum Gasteiger partial charge on any atom is 0.243 e. The summed E-state index contributed by atoms with van der Waals surface area (Å²) in [6.07, 6.45) is 0.859. The molecule has 1 aromatic rings. The quantitative estimate of drug-likeness (QED) is 0.886. The highest BCUT2D eigenvalue weighted by Gasteiger charge is 2.30. The van der Waals surface area contributed by atoms with Gasteiger partial charge in [0.2, 0.25) is 10.0 Å². The average Bonchev–Trinajstić information content (AvgIpc) is 2.49. The van der Waals surface area contributed by atoms with E-state index in [9.17, 15) is 13.5 Å². The molecule has 0 aromatic heterocycles. The van der Waals surface area contributed by atoms with Crippen molar-refractivity contribution in [2.75, 3.05) is 32.8 Å². The molecule has 0 radical (unpaired) electrons. The summed E-state index contributed by atoms with van der Waals surface area (Å²) in [5.74, 6) is 0. The Hall–Kier alpha value is -0.660. The molecule has 1 aliphatic rings. The number of hydrogen-bond acceptors (Lipinski definition) is 4. The van der Waals surface area contributed by atoms with E-state index in [4.69, 9.17) is 11.6 Å². The molecule has 0 saturated carbocycles. The molecule has 1 fully saturated rings. The van der Waals surface area contributed by atoms with E-state index in [1.54, 1.807) is 18.2 Å². The van der Waals surface area contributed by atoms with Gasteiger partial charge in [0.15, 0.2) is 0 Å². The van der Waals surface area contributed by atoms with Gasteiger partial charge in [-0.25, -0.2) is 8.42 Å². The van der Waals surface area contributed by atoms with Crippen LogP contribution in [-0.2, 0) is 10.0 Å². The van der Waals surface area contributed by atoms with Gasteiger partial charge < -0.3 is 5.11 Å². The Morgan fingerprint density at radius 1 is 1.29 bits per heavy atom. The summed E-state index contributed by atoms with van der Waals surface area (Å²) in [6.45, 7) is 4.28. The zero-order valence-electron chi connectivity index (χ0n) is 12.1. The second-order valence-electron chi connectivity index (χ2n) is 5.14. The molecule has 0 spiro atoms. The van der Waals surface area contributed by atoms with Crippen LogP contribution in [0.4, 0.5) is 0 Å². The minimum absolute atomic E-state index is 0.109. The van der Waals surface area contributed by atoms with Gasteiger partial charge in [-0.1, -0.05) is 24.6 Å². The molecule has 1 saturated heterocycles. The molecule has 0 aliphatic carbocycles. The summed E-state index contributed by atoms with van der Waals surface area (Å²) in [6, 6.07) is 6.46. The molecule has 118 valence electrons. The van der Waals surface area contributed by atoms with Crippen LogP contribution in [0.5, 0.6) is 0 Å². The number of aliphatic hydroxyl groups excluding tert-OH is 1. The topological polar surface area (TPSA) is 60.9 Å². The fraction of sp³-hybridized carbons (Fsp3) is 0.571. The third kappa shape index (κ3) is 3.76. The van der Waals surface area contributed by atoms with Crippen molar-refractivity contribution in [1.82, 2.24) is 9.21 Å². The summed E-state index contributed by atoms with van der Waals surface area (Å²) >= 11 is 5.87. The summed E-state index contributed by atoms with van der Waals surface area (Å²) < 4.78 is 26.6. The van der Waals surface area contributed by atoms with Crippen LogP contribution in [0, 0.1) is 0 Å². The maximum absolute atomic E-state index is 12.6. The maximum atomic E-state index is 12.6. The Kier molecular flexibility index (Phi) is 5.62. The SMILES string of the molecule is CCC(CO)N1CCN(S(=O)(=O)c2cccc(Cl)c2)CC1. The molecule has 1 aromatic carbocycles. The molecule has 7 heteroatoms. The minimum Gasteiger partial charge on any atom is -0.395 e. The number of piperazine rings is 1. The molecule has 1 atom stereocenters. The largest absolute Gasteiger partial charge is 0.395 e. The average molecular weight is 333 g/mol. The zero-order chi connectivity index (χ0) is 15.5. The van der Waals surface area contributed by atoms with Crippen LogP contribution in [0.3, 0.4) is 0 Å². The van der Waals surface area contributed by atoms with Gasteiger partial charge in [0, 0.05) is 37.2 Å². The Morgan fingerprint density at radius 2 is 1.95 bits per heavy atom. The van der Waals surface area contributed by atoms with Gasteiger partial charge in [0.25, 0.3) is 0 Å². The summed E-state index contributed by atoms with van der Waals surface area (Å²) in [4.78, 5) is 2.38. The molecule has 1 N–H and O–H groups in total. The van der Waals surface area contributed by atoms with Crippen molar-refractivity contribution >= 4 is 21.6 Å². The predicted molar refractivity (Wildman–Crippen MR) is 82.9 cm³/mol. The molecule has 2 rings (SSSR count). The highest BCUT2D eigenvalue weighted by molar-refractivity contribution is 7.89. The van der Waals surface area contributed by atoms with Gasteiger partial charge in [0.1, 0.15) is 0 Å². The molecule has 5 nitrogen and oxygen atoms in total. The van der Waals surface area contributed by atoms with Crippen LogP contribution < -0.4 is 0 Å². The number of aliphatic hydroxyl groups is 1. The van der Waals surface area contributed by atoms with Crippen molar-refractivity contribution in [3.05, 3.63) is 29.3 Å². The number of halogens is 1. The number of benzene rings is 1. The molecule has 21 heavy (non-hydrogen) atoms. The third-order valence-electron chi connectivity index (χ3n) is 3.91. The van der Waals surface area contributed by atoms with Gasteiger partial charge in [0.05, 0.1) is 11.5 Å². The number of hydrogen-bond donors (Lipinski definition) is 1. The fourth-order valence-corrected chi connectivity index (χ4v) is 4.31. The van der Waals surface area contributed by atoms with Gasteiger partial charge >= 0.3 is 0 Å². The van der Waals surface area contributed by atoms with Crippen molar-refractivity contribution in [2.45, 2.75) is 24.3 Å². The van der Waals surface area contributed by atoms with Crippen LogP contribution in [0.1, 0.15) is 13.3 Å². The molecular weight excluding hydrogens is 312 g/mol. The Bertz CT molecular complexity index is 567. The van der Waals surface area contributed by atoms with Gasteiger partial charge in [-0.3, -0.25) is 4.90 Å². The number of rotatable bonds is 5. The first-order valence-corrected chi connectivity index (χ1v) is 8.91. The van der Waals surface area contributed by atoms with E-state index >= 15 is 0 Å². The highest BCUT2D eigenvalue weighted by atomic mass is 35.5. The van der Waals surface area contributed by atoms with E-state index in [0.717, 1.165) is 6.42 Å². The highest BCUT2D eigenvalue weighted by Crippen LogP contribution is 2.21. The van der Waals surface area contributed by atoms with Gasteiger partial charge in [-0.15, -0.1) is 0 Å². The third-order valence-corrected chi connectivity index (χ3v) is 6.04. The Balaban J connectivity index is 2.08. The second kappa shape index (κ2) is 7.07. The standard InChI is InChI=1S/C14H21ClN2O3S/c1-2-13(11-18)16-6-8-17(9-7-16)21(19,20)14-5-3-4-12(15)10-14/h3-5,10,13,18H,2,6-9,11H2,1H3. The fourth-order valence-electron chi connectivity index (χ4n) is 2.59. The Morgan fingerprint density at radius 3 is 2.48 bits per heavy atom. The van der Waals surface area contributed by atoms with Crippen molar-refractivity contribution in [1.29, 1.82) is 0 Å². The molecule has 0 amide bonds. The smallest absolute Gasteiger partial charge is 0.243 e. The molecular formula is C14H21ClN2O3S. The van der Waals surface area contributed by atoms with Crippen molar-refractivity contribution in [3.8, 4) is 0 Å². The van der Waals surface area contributed by atoms with Crippen molar-refractivity contribution in [3.63, 3.8) is 0 Å². The lowest BCUT2D eigenvalue weighted by atomic mass is 10.2. The summed E-state index contributed by atoms with van der Waals surface area (Å²) in [7, 11) is -3.49. The van der Waals surface area contributed by atoms with E-state index in [1.165, 1.54) is 10.4 Å². The normalized spacial score (nSPS) is 19.6. The molecule has 1 heterocycles. The van der Waals surface area contributed by atoms with Crippen LogP contribution in [-0.4, -0.2) is 61.6 Å². The number of nitrogens with zero attached hydrogens (tertiary/aromatic N) is 2. The summed E-state index contributed by atoms with van der Waals surface area (Å²) in [5, 5.41) is 9.74. The van der Waals surface area contributed by atoms with Gasteiger partial charge in [-0.05, 0) is 24.6 Å². The lowest BCUT2D eigenvalue weighted by Gasteiger charge is -2.37. The molecule has 0 bridgehead atoms. The summed E-state index contributed by atoms with van der Waals surface area (Å²) in [5.41, 5.74) is 0. The van der Waals surface area contributed by atoms with Crippen LogP contribution >= 0.6 is 11.6 Å². The zero-order valence-corrected chi connectivity index (χ0v) is 13.6. The van der Waals surface area contributed by atoms with E-state index in [0.29, 0.717) is 31.2 Å². The first-order chi connectivity index (χ1) is 9.98. The Labute approximate surface area is 131 Å². The van der Waals surface area contributed by atoms with Crippen molar-refractivity contribution in [2.24, 2.45) is 0 Å². The van der Waals surface area contributed by atoms with Crippen LogP contribution in [0.2, 0.25) is 5.02 Å². The lowest BCUT2D eigenvalue weighted by molar-refractivity contribution is 0.0881. The van der Waals surface area contributed by atoms with E-state index < -0.39 is 10.0 Å².